The third-order valence-corrected chi connectivity index (χ3v) is 5.57. The SMILES string of the molecule is CCC1(C)NC(c2cccs2)N(CC(C)C(C)C)C1=O. The molecule has 112 valence electrons. The molecule has 1 aliphatic rings. The van der Waals surface area contributed by atoms with Gasteiger partial charge in [0.05, 0.1) is 5.54 Å². The summed E-state index contributed by atoms with van der Waals surface area (Å²) < 4.78 is 0. The summed E-state index contributed by atoms with van der Waals surface area (Å²) >= 11 is 1.72. The van der Waals surface area contributed by atoms with Crippen LogP contribution in [0.4, 0.5) is 0 Å². The molecule has 0 radical (unpaired) electrons. The second kappa shape index (κ2) is 5.86. The largest absolute Gasteiger partial charge is 0.320 e. The average molecular weight is 294 g/mol. The summed E-state index contributed by atoms with van der Waals surface area (Å²) in [5.74, 6) is 1.33. The summed E-state index contributed by atoms with van der Waals surface area (Å²) in [7, 11) is 0. The number of hydrogen-bond acceptors (Lipinski definition) is 3. The van der Waals surface area contributed by atoms with E-state index in [2.05, 4.69) is 50.5 Å². The molecule has 3 nitrogen and oxygen atoms in total. The van der Waals surface area contributed by atoms with Gasteiger partial charge in [-0.05, 0) is 36.6 Å². The number of nitrogens with one attached hydrogen (secondary N) is 1. The molecule has 3 atom stereocenters. The van der Waals surface area contributed by atoms with E-state index in [-0.39, 0.29) is 12.1 Å². The summed E-state index contributed by atoms with van der Waals surface area (Å²) in [4.78, 5) is 16.1. The summed E-state index contributed by atoms with van der Waals surface area (Å²) in [6, 6.07) is 4.17. The Morgan fingerprint density at radius 3 is 2.65 bits per heavy atom. The molecule has 0 aromatic carbocycles. The molecule has 1 N–H and O–H groups in total. The predicted octanol–water partition coefficient (Wildman–Crippen LogP) is 3.64. The van der Waals surface area contributed by atoms with E-state index >= 15 is 0 Å². The molecule has 2 heterocycles. The number of carbonyl (C=O) groups excluding carboxylic acids is 1. The van der Waals surface area contributed by atoms with Crippen molar-refractivity contribution in [2.75, 3.05) is 6.54 Å². The van der Waals surface area contributed by atoms with Crippen LogP contribution in [0.3, 0.4) is 0 Å². The summed E-state index contributed by atoms with van der Waals surface area (Å²) in [5.41, 5.74) is -0.425. The van der Waals surface area contributed by atoms with Crippen molar-refractivity contribution in [2.24, 2.45) is 11.8 Å². The van der Waals surface area contributed by atoms with Crippen molar-refractivity contribution in [3.05, 3.63) is 22.4 Å². The lowest BCUT2D eigenvalue weighted by Gasteiger charge is -2.28. The fourth-order valence-electron chi connectivity index (χ4n) is 2.51. The van der Waals surface area contributed by atoms with E-state index in [0.29, 0.717) is 11.8 Å². The maximum Gasteiger partial charge on any atom is 0.244 e. The molecule has 0 saturated carbocycles. The molecule has 3 unspecified atom stereocenters. The molecular formula is C16H26N2OS. The molecule has 20 heavy (non-hydrogen) atoms. The Morgan fingerprint density at radius 1 is 1.45 bits per heavy atom. The van der Waals surface area contributed by atoms with Crippen molar-refractivity contribution in [1.82, 2.24) is 10.2 Å². The molecule has 1 aliphatic heterocycles. The van der Waals surface area contributed by atoms with E-state index in [0.717, 1.165) is 13.0 Å². The third-order valence-electron chi connectivity index (χ3n) is 4.64. The molecule has 1 fully saturated rings. The zero-order valence-corrected chi connectivity index (χ0v) is 14.0. The minimum atomic E-state index is -0.425. The number of rotatable bonds is 5. The van der Waals surface area contributed by atoms with Crippen LogP contribution in [0, 0.1) is 11.8 Å². The molecule has 1 aromatic heterocycles. The van der Waals surface area contributed by atoms with Crippen LogP contribution in [0.5, 0.6) is 0 Å². The van der Waals surface area contributed by atoms with Crippen molar-refractivity contribution in [3.63, 3.8) is 0 Å². The molecule has 1 saturated heterocycles. The molecule has 0 aliphatic carbocycles. The Morgan fingerprint density at radius 2 is 2.15 bits per heavy atom. The lowest BCUT2D eigenvalue weighted by molar-refractivity contribution is -0.133. The second-order valence-electron chi connectivity index (χ2n) is 6.43. The van der Waals surface area contributed by atoms with E-state index in [4.69, 9.17) is 0 Å². The quantitative estimate of drug-likeness (QED) is 0.899. The van der Waals surface area contributed by atoms with Crippen molar-refractivity contribution in [2.45, 2.75) is 52.7 Å². The maximum atomic E-state index is 12.8. The fraction of sp³-hybridized carbons (Fsp3) is 0.688. The van der Waals surface area contributed by atoms with Crippen LogP contribution >= 0.6 is 11.3 Å². The molecule has 4 heteroatoms. The predicted molar refractivity (Wildman–Crippen MR) is 84.6 cm³/mol. The summed E-state index contributed by atoms with van der Waals surface area (Å²) in [6.07, 6.45) is 0.855. The van der Waals surface area contributed by atoms with Crippen LogP contribution in [0.15, 0.2) is 17.5 Å². The first-order valence-electron chi connectivity index (χ1n) is 7.51. The van der Waals surface area contributed by atoms with Crippen LogP contribution < -0.4 is 5.32 Å². The molecule has 1 amide bonds. The minimum Gasteiger partial charge on any atom is -0.320 e. The van der Waals surface area contributed by atoms with Gasteiger partial charge in [0, 0.05) is 11.4 Å². The average Bonchev–Trinajstić information content (AvgIpc) is 3.01. The van der Waals surface area contributed by atoms with Crippen molar-refractivity contribution in [3.8, 4) is 0 Å². The van der Waals surface area contributed by atoms with Gasteiger partial charge in [0.25, 0.3) is 0 Å². The fourth-order valence-corrected chi connectivity index (χ4v) is 3.30. The van der Waals surface area contributed by atoms with E-state index in [9.17, 15) is 4.79 Å². The highest BCUT2D eigenvalue weighted by Gasteiger charge is 2.47. The van der Waals surface area contributed by atoms with Crippen molar-refractivity contribution < 1.29 is 4.79 Å². The molecule has 0 spiro atoms. The highest BCUT2D eigenvalue weighted by Crippen LogP contribution is 2.35. The maximum absolute atomic E-state index is 12.8. The molecule has 1 aromatic rings. The Balaban J connectivity index is 2.26. The van der Waals surface area contributed by atoms with Crippen molar-refractivity contribution >= 4 is 17.2 Å². The van der Waals surface area contributed by atoms with Gasteiger partial charge in [-0.1, -0.05) is 33.8 Å². The summed E-state index contributed by atoms with van der Waals surface area (Å²) in [6.45, 7) is 11.6. The monoisotopic (exact) mass is 294 g/mol. The van der Waals surface area contributed by atoms with E-state index in [1.807, 2.05) is 11.8 Å². The van der Waals surface area contributed by atoms with Gasteiger partial charge in [-0.3, -0.25) is 10.1 Å². The van der Waals surface area contributed by atoms with Gasteiger partial charge in [-0.15, -0.1) is 11.3 Å². The highest BCUT2D eigenvalue weighted by molar-refractivity contribution is 7.10. The Hall–Kier alpha value is -0.870. The number of amides is 1. The van der Waals surface area contributed by atoms with Crippen LogP contribution in [-0.2, 0) is 4.79 Å². The first kappa shape index (κ1) is 15.5. The zero-order chi connectivity index (χ0) is 14.9. The van der Waals surface area contributed by atoms with Crippen LogP contribution in [-0.4, -0.2) is 22.9 Å². The lowest BCUT2D eigenvalue weighted by atomic mass is 9.96. The lowest BCUT2D eigenvalue weighted by Crippen LogP contribution is -2.43. The number of carbonyl (C=O) groups is 1. The zero-order valence-electron chi connectivity index (χ0n) is 13.1. The van der Waals surface area contributed by atoms with E-state index in [1.165, 1.54) is 4.88 Å². The van der Waals surface area contributed by atoms with Gasteiger partial charge < -0.3 is 4.90 Å². The van der Waals surface area contributed by atoms with E-state index < -0.39 is 5.54 Å². The van der Waals surface area contributed by atoms with E-state index in [1.54, 1.807) is 11.3 Å². The molecule has 2 rings (SSSR count). The van der Waals surface area contributed by atoms with Crippen LogP contribution in [0.25, 0.3) is 0 Å². The number of thiophene rings is 1. The Bertz CT molecular complexity index is 457. The van der Waals surface area contributed by atoms with Gasteiger partial charge in [0.15, 0.2) is 0 Å². The smallest absolute Gasteiger partial charge is 0.244 e. The number of hydrogen-bond donors (Lipinski definition) is 1. The van der Waals surface area contributed by atoms with Gasteiger partial charge in [-0.2, -0.15) is 0 Å². The van der Waals surface area contributed by atoms with Gasteiger partial charge in [0.2, 0.25) is 5.91 Å². The van der Waals surface area contributed by atoms with Gasteiger partial charge in [0.1, 0.15) is 6.17 Å². The topological polar surface area (TPSA) is 32.3 Å². The first-order chi connectivity index (χ1) is 9.39. The first-order valence-corrected chi connectivity index (χ1v) is 8.39. The summed E-state index contributed by atoms with van der Waals surface area (Å²) in [5, 5.41) is 5.63. The molecular weight excluding hydrogens is 268 g/mol. The minimum absolute atomic E-state index is 0.0358. The molecule has 0 bridgehead atoms. The number of nitrogens with zero attached hydrogens (tertiary/aromatic N) is 1. The second-order valence-corrected chi connectivity index (χ2v) is 7.41. The normalized spacial score (nSPS) is 28.4. The van der Waals surface area contributed by atoms with Crippen molar-refractivity contribution in [1.29, 1.82) is 0 Å². The Kier molecular flexibility index (Phi) is 4.55. The third kappa shape index (κ3) is 2.77. The van der Waals surface area contributed by atoms with Crippen LogP contribution in [0.1, 0.15) is 52.1 Å². The van der Waals surface area contributed by atoms with Gasteiger partial charge >= 0.3 is 0 Å². The standard InChI is InChI=1S/C16H26N2OS/c1-6-16(5)15(19)18(10-12(4)11(2)3)14(17-16)13-8-7-9-20-13/h7-9,11-12,14,17H,6,10H2,1-5H3. The Labute approximate surface area is 126 Å². The van der Waals surface area contributed by atoms with Crippen LogP contribution in [0.2, 0.25) is 0 Å². The van der Waals surface area contributed by atoms with Gasteiger partial charge in [-0.25, -0.2) is 0 Å². The highest BCUT2D eigenvalue weighted by atomic mass is 32.1.